The molecule has 4 atom stereocenters. The molecule has 0 bridgehead atoms. The van der Waals surface area contributed by atoms with Crippen molar-refractivity contribution in [2.24, 2.45) is 0 Å². The fraction of sp³-hybridized carbons (Fsp3) is 0.500. The summed E-state index contributed by atoms with van der Waals surface area (Å²) >= 11 is 0. The zero-order valence-electron chi connectivity index (χ0n) is 18.6. The standard InChI is InChI=1S/C24H26F7NO2/c1-14(16-11-17(23(26,27)28)13-18(12-16)24(29,30)31)34-21-8-7-20(32-9-10-33-2)22(21)15-3-5-19(25)6-4-15/h3-6,11-14,20-22,32H,7-10H2,1-2H3/t14-,20-,21+,22+/m1/s1. The molecular weight excluding hydrogens is 467 g/mol. The molecule has 1 fully saturated rings. The predicted molar refractivity (Wildman–Crippen MR) is 112 cm³/mol. The first kappa shape index (κ1) is 26.4. The van der Waals surface area contributed by atoms with E-state index in [4.69, 9.17) is 9.47 Å². The Hall–Kier alpha value is -2.17. The van der Waals surface area contributed by atoms with Crippen LogP contribution in [-0.4, -0.2) is 32.4 Å². The van der Waals surface area contributed by atoms with Crippen molar-refractivity contribution in [3.05, 3.63) is 70.5 Å². The minimum atomic E-state index is -4.93. The van der Waals surface area contributed by atoms with E-state index in [0.717, 1.165) is 5.56 Å². The van der Waals surface area contributed by atoms with Crippen LogP contribution in [0.2, 0.25) is 0 Å². The second-order valence-corrected chi connectivity index (χ2v) is 8.36. The first-order valence-electron chi connectivity index (χ1n) is 10.8. The van der Waals surface area contributed by atoms with E-state index in [0.29, 0.717) is 38.1 Å². The van der Waals surface area contributed by atoms with E-state index in [-0.39, 0.29) is 23.6 Å². The van der Waals surface area contributed by atoms with E-state index in [9.17, 15) is 30.7 Å². The molecule has 1 aliphatic carbocycles. The summed E-state index contributed by atoms with van der Waals surface area (Å²) in [5, 5.41) is 3.35. The van der Waals surface area contributed by atoms with Crippen molar-refractivity contribution in [2.75, 3.05) is 20.3 Å². The van der Waals surface area contributed by atoms with Gasteiger partial charge in [-0.25, -0.2) is 4.39 Å². The Morgan fingerprint density at radius 1 is 0.941 bits per heavy atom. The number of benzene rings is 2. The van der Waals surface area contributed by atoms with E-state index in [2.05, 4.69) is 5.32 Å². The van der Waals surface area contributed by atoms with Crippen LogP contribution in [0.15, 0.2) is 42.5 Å². The number of hydrogen-bond donors (Lipinski definition) is 1. The van der Waals surface area contributed by atoms with Crippen LogP contribution in [0.4, 0.5) is 30.7 Å². The van der Waals surface area contributed by atoms with Crippen LogP contribution in [0.1, 0.15) is 54.0 Å². The topological polar surface area (TPSA) is 30.5 Å². The molecule has 0 aromatic heterocycles. The van der Waals surface area contributed by atoms with Gasteiger partial charge in [-0.15, -0.1) is 0 Å². The predicted octanol–water partition coefficient (Wildman–Crippen LogP) is 6.49. The highest BCUT2D eigenvalue weighted by molar-refractivity contribution is 5.35. The molecule has 10 heteroatoms. The molecular formula is C24H26F7NO2. The van der Waals surface area contributed by atoms with E-state index in [1.54, 1.807) is 19.2 Å². The third kappa shape index (κ3) is 6.49. The average molecular weight is 493 g/mol. The molecule has 0 radical (unpaired) electrons. The Bertz CT molecular complexity index is 912. The Balaban J connectivity index is 1.88. The van der Waals surface area contributed by atoms with Crippen molar-refractivity contribution < 1.29 is 40.2 Å². The first-order valence-corrected chi connectivity index (χ1v) is 10.8. The smallest absolute Gasteiger partial charge is 0.383 e. The molecule has 1 aliphatic rings. The second-order valence-electron chi connectivity index (χ2n) is 8.36. The number of alkyl halides is 6. The Morgan fingerprint density at radius 3 is 2.06 bits per heavy atom. The summed E-state index contributed by atoms with van der Waals surface area (Å²) in [6.07, 6.45) is -10.2. The molecule has 1 N–H and O–H groups in total. The van der Waals surface area contributed by atoms with Crippen LogP contribution in [-0.2, 0) is 21.8 Å². The highest BCUT2D eigenvalue weighted by atomic mass is 19.4. The molecule has 3 nitrogen and oxygen atoms in total. The Morgan fingerprint density at radius 2 is 1.53 bits per heavy atom. The van der Waals surface area contributed by atoms with Crippen LogP contribution in [0, 0.1) is 5.82 Å². The monoisotopic (exact) mass is 493 g/mol. The van der Waals surface area contributed by atoms with Gasteiger partial charge in [0.1, 0.15) is 5.82 Å². The van der Waals surface area contributed by atoms with Gasteiger partial charge in [-0.2, -0.15) is 26.3 Å². The van der Waals surface area contributed by atoms with Gasteiger partial charge in [-0.1, -0.05) is 12.1 Å². The maximum atomic E-state index is 13.5. The van der Waals surface area contributed by atoms with Gasteiger partial charge in [0.2, 0.25) is 0 Å². The zero-order valence-corrected chi connectivity index (χ0v) is 18.6. The number of nitrogens with one attached hydrogen (secondary N) is 1. The fourth-order valence-corrected chi connectivity index (χ4v) is 4.38. The highest BCUT2D eigenvalue weighted by Crippen LogP contribution is 2.42. The van der Waals surface area contributed by atoms with E-state index in [1.807, 2.05) is 0 Å². The van der Waals surface area contributed by atoms with Crippen molar-refractivity contribution in [3.63, 3.8) is 0 Å². The lowest BCUT2D eigenvalue weighted by Crippen LogP contribution is -2.36. The molecule has 3 rings (SSSR count). The molecule has 0 amide bonds. The molecule has 0 heterocycles. The van der Waals surface area contributed by atoms with Crippen LogP contribution in [0.25, 0.3) is 0 Å². The summed E-state index contributed by atoms with van der Waals surface area (Å²) in [6, 6.07) is 7.25. The maximum Gasteiger partial charge on any atom is 0.416 e. The molecule has 188 valence electrons. The normalized spacial score (nSPS) is 22.2. The van der Waals surface area contributed by atoms with Crippen LogP contribution < -0.4 is 5.32 Å². The summed E-state index contributed by atoms with van der Waals surface area (Å²) in [7, 11) is 1.56. The third-order valence-corrected chi connectivity index (χ3v) is 6.02. The van der Waals surface area contributed by atoms with Gasteiger partial charge in [0, 0.05) is 25.6 Å². The van der Waals surface area contributed by atoms with Gasteiger partial charge < -0.3 is 14.8 Å². The minimum Gasteiger partial charge on any atom is -0.383 e. The van der Waals surface area contributed by atoms with Crippen LogP contribution in [0.3, 0.4) is 0 Å². The highest BCUT2D eigenvalue weighted by Gasteiger charge is 2.40. The van der Waals surface area contributed by atoms with Crippen molar-refractivity contribution >= 4 is 0 Å². The lowest BCUT2D eigenvalue weighted by atomic mass is 9.92. The maximum absolute atomic E-state index is 13.5. The summed E-state index contributed by atoms with van der Waals surface area (Å²) in [6.45, 7) is 2.44. The fourth-order valence-electron chi connectivity index (χ4n) is 4.38. The molecule has 0 spiro atoms. The SMILES string of the molecule is COCCN[C@@H]1CC[C@H](O[C@H](C)c2cc(C(F)(F)F)cc(C(F)(F)F)c2)[C@H]1c1ccc(F)cc1. The van der Waals surface area contributed by atoms with Crippen molar-refractivity contribution in [3.8, 4) is 0 Å². The average Bonchev–Trinajstić information content (AvgIpc) is 3.15. The van der Waals surface area contributed by atoms with Gasteiger partial charge in [-0.05, 0) is 61.2 Å². The molecule has 1 saturated carbocycles. The number of rotatable bonds is 8. The third-order valence-electron chi connectivity index (χ3n) is 6.02. The van der Waals surface area contributed by atoms with Gasteiger partial charge in [-0.3, -0.25) is 0 Å². The zero-order chi connectivity index (χ0) is 25.1. The lowest BCUT2D eigenvalue weighted by molar-refractivity contribution is -0.143. The summed E-state index contributed by atoms with van der Waals surface area (Å²) in [5.74, 6) is -0.687. The molecule has 0 unspecified atom stereocenters. The molecule has 2 aromatic rings. The van der Waals surface area contributed by atoms with Crippen molar-refractivity contribution in [1.29, 1.82) is 0 Å². The quantitative estimate of drug-likeness (QED) is 0.337. The van der Waals surface area contributed by atoms with Gasteiger partial charge >= 0.3 is 12.4 Å². The van der Waals surface area contributed by atoms with Crippen molar-refractivity contribution in [1.82, 2.24) is 5.32 Å². The van der Waals surface area contributed by atoms with Crippen LogP contribution in [0.5, 0.6) is 0 Å². The molecule has 0 aliphatic heterocycles. The second kappa shape index (κ2) is 10.6. The molecule has 2 aromatic carbocycles. The Labute approximate surface area is 193 Å². The van der Waals surface area contributed by atoms with Crippen molar-refractivity contribution in [2.45, 2.75) is 56.3 Å². The largest absolute Gasteiger partial charge is 0.416 e. The number of hydrogen-bond acceptors (Lipinski definition) is 3. The minimum absolute atomic E-state index is 0.0787. The lowest BCUT2D eigenvalue weighted by Gasteiger charge is -2.29. The number of halogens is 7. The van der Waals surface area contributed by atoms with Crippen LogP contribution >= 0.6 is 0 Å². The van der Waals surface area contributed by atoms with Gasteiger partial charge in [0.25, 0.3) is 0 Å². The summed E-state index contributed by atoms with van der Waals surface area (Å²) in [4.78, 5) is 0. The van der Waals surface area contributed by atoms with Gasteiger partial charge in [0.05, 0.1) is 29.9 Å². The first-order chi connectivity index (χ1) is 15.9. The van der Waals surface area contributed by atoms with E-state index >= 15 is 0 Å². The summed E-state index contributed by atoms with van der Waals surface area (Å²) < 4.78 is 104. The van der Waals surface area contributed by atoms with E-state index in [1.165, 1.54) is 19.1 Å². The number of methoxy groups -OCH3 is 1. The molecule has 34 heavy (non-hydrogen) atoms. The Kier molecular flexibility index (Phi) is 8.26. The number of ether oxygens (including phenoxy) is 2. The van der Waals surface area contributed by atoms with E-state index < -0.39 is 41.5 Å². The van der Waals surface area contributed by atoms with Gasteiger partial charge in [0.15, 0.2) is 0 Å². The molecule has 0 saturated heterocycles. The summed E-state index contributed by atoms with van der Waals surface area (Å²) in [5.41, 5.74) is -2.20.